The third-order valence-electron chi connectivity index (χ3n) is 5.71. The quantitative estimate of drug-likeness (QED) is 0.607. The number of nitrogens with one attached hydrogen (secondary N) is 2. The number of aromatic amines is 1. The van der Waals surface area contributed by atoms with E-state index < -0.39 is 11.1 Å². The van der Waals surface area contributed by atoms with Crippen molar-refractivity contribution >= 4 is 16.9 Å². The van der Waals surface area contributed by atoms with E-state index in [0.717, 1.165) is 31.7 Å². The van der Waals surface area contributed by atoms with Crippen molar-refractivity contribution < 1.29 is 9.21 Å². The summed E-state index contributed by atoms with van der Waals surface area (Å²) in [6, 6.07) is 8.76. The normalized spacial score (nSPS) is 15.9. The molecule has 1 atom stereocenters. The molecule has 0 bridgehead atoms. The van der Waals surface area contributed by atoms with Crippen LogP contribution in [-0.2, 0) is 6.54 Å². The zero-order valence-electron chi connectivity index (χ0n) is 17.0. The third kappa shape index (κ3) is 3.95. The number of hydrogen-bond donors (Lipinski definition) is 2. The summed E-state index contributed by atoms with van der Waals surface area (Å²) in [4.78, 5) is 41.7. The van der Waals surface area contributed by atoms with Gasteiger partial charge in [0.05, 0.1) is 23.3 Å². The molecule has 1 aromatic carbocycles. The fourth-order valence-electron chi connectivity index (χ4n) is 4.15. The van der Waals surface area contributed by atoms with E-state index in [4.69, 9.17) is 4.42 Å². The molecular weight excluding hydrogens is 384 g/mol. The summed E-state index contributed by atoms with van der Waals surface area (Å²) in [5.74, 6) is 0.604. The van der Waals surface area contributed by atoms with E-state index in [0.29, 0.717) is 29.7 Å². The van der Waals surface area contributed by atoms with Crippen molar-refractivity contribution in [2.45, 2.75) is 38.8 Å². The second-order valence-corrected chi connectivity index (χ2v) is 7.57. The van der Waals surface area contributed by atoms with Crippen LogP contribution in [0.3, 0.4) is 0 Å². The van der Waals surface area contributed by atoms with Crippen molar-refractivity contribution in [2.75, 3.05) is 19.6 Å². The van der Waals surface area contributed by atoms with E-state index in [2.05, 4.69) is 15.2 Å². The highest BCUT2D eigenvalue weighted by atomic mass is 16.3. The number of benzene rings is 1. The lowest BCUT2D eigenvalue weighted by Crippen LogP contribution is -2.40. The van der Waals surface area contributed by atoms with Gasteiger partial charge in [0.25, 0.3) is 5.91 Å². The van der Waals surface area contributed by atoms with E-state index >= 15 is 0 Å². The SMILES string of the molecule is CCn1c(=O)c(=O)[nH]c2cc(C(=O)NC[C@@H](c3ccco3)N3CCCCC3)ccc21. The minimum absolute atomic E-state index is 0.0187. The van der Waals surface area contributed by atoms with E-state index in [1.165, 1.54) is 11.0 Å². The molecule has 1 fully saturated rings. The van der Waals surface area contributed by atoms with E-state index in [9.17, 15) is 14.4 Å². The van der Waals surface area contributed by atoms with Gasteiger partial charge in [-0.3, -0.25) is 19.3 Å². The molecule has 30 heavy (non-hydrogen) atoms. The van der Waals surface area contributed by atoms with Crippen LogP contribution in [0.25, 0.3) is 11.0 Å². The zero-order chi connectivity index (χ0) is 21.1. The van der Waals surface area contributed by atoms with Gasteiger partial charge in [0, 0.05) is 18.7 Å². The number of likely N-dealkylation sites (tertiary alicyclic amines) is 1. The molecule has 0 spiro atoms. The Morgan fingerprint density at radius 2 is 2.00 bits per heavy atom. The molecule has 3 aromatic rings. The molecular formula is C22H26N4O4. The smallest absolute Gasteiger partial charge is 0.316 e. The van der Waals surface area contributed by atoms with Crippen molar-refractivity contribution in [1.82, 2.24) is 19.8 Å². The maximum atomic E-state index is 12.8. The first kappa shape index (κ1) is 20.2. The minimum atomic E-state index is -0.690. The highest BCUT2D eigenvalue weighted by Crippen LogP contribution is 2.24. The number of amides is 1. The van der Waals surface area contributed by atoms with Crippen molar-refractivity contribution in [1.29, 1.82) is 0 Å². The van der Waals surface area contributed by atoms with Crippen LogP contribution in [0.4, 0.5) is 0 Å². The van der Waals surface area contributed by atoms with Crippen LogP contribution in [0.15, 0.2) is 50.6 Å². The number of rotatable bonds is 6. The molecule has 158 valence electrons. The maximum Gasteiger partial charge on any atom is 0.316 e. The first-order valence-electron chi connectivity index (χ1n) is 10.4. The van der Waals surface area contributed by atoms with E-state index in [1.54, 1.807) is 31.4 Å². The van der Waals surface area contributed by atoms with Gasteiger partial charge in [-0.25, -0.2) is 0 Å². The lowest BCUT2D eigenvalue weighted by Gasteiger charge is -2.33. The molecule has 0 radical (unpaired) electrons. The molecule has 1 saturated heterocycles. The van der Waals surface area contributed by atoms with Gasteiger partial charge in [0.15, 0.2) is 0 Å². The number of nitrogens with zero attached hydrogens (tertiary/aromatic N) is 2. The lowest BCUT2D eigenvalue weighted by molar-refractivity contribution is 0.0914. The fraction of sp³-hybridized carbons (Fsp3) is 0.409. The van der Waals surface area contributed by atoms with Crippen LogP contribution in [0, 0.1) is 0 Å². The molecule has 4 rings (SSSR count). The van der Waals surface area contributed by atoms with Crippen molar-refractivity contribution in [3.8, 4) is 0 Å². The summed E-state index contributed by atoms with van der Waals surface area (Å²) < 4.78 is 7.03. The van der Waals surface area contributed by atoms with Gasteiger partial charge >= 0.3 is 11.1 Å². The molecule has 8 heteroatoms. The Morgan fingerprint density at radius 1 is 1.20 bits per heavy atom. The second kappa shape index (κ2) is 8.71. The Balaban J connectivity index is 1.55. The number of aryl methyl sites for hydroxylation is 1. The molecule has 2 N–H and O–H groups in total. The summed E-state index contributed by atoms with van der Waals surface area (Å²) in [6.45, 7) is 4.57. The number of aromatic nitrogens is 2. The average Bonchev–Trinajstić information content (AvgIpc) is 3.30. The molecule has 0 aliphatic carbocycles. The highest BCUT2D eigenvalue weighted by molar-refractivity contribution is 5.97. The van der Waals surface area contributed by atoms with Crippen LogP contribution in [-0.4, -0.2) is 40.0 Å². The first-order chi connectivity index (χ1) is 14.6. The first-order valence-corrected chi connectivity index (χ1v) is 10.4. The van der Waals surface area contributed by atoms with Crippen molar-refractivity contribution in [2.24, 2.45) is 0 Å². The Hall–Kier alpha value is -3.13. The van der Waals surface area contributed by atoms with Gasteiger partial charge in [0.1, 0.15) is 5.76 Å². The van der Waals surface area contributed by atoms with E-state index in [1.807, 2.05) is 12.1 Å². The molecule has 0 saturated carbocycles. The molecule has 1 amide bonds. The number of fused-ring (bicyclic) bond motifs is 1. The van der Waals surface area contributed by atoms with E-state index in [-0.39, 0.29) is 11.9 Å². The number of hydrogen-bond acceptors (Lipinski definition) is 5. The summed E-state index contributed by atoms with van der Waals surface area (Å²) in [7, 11) is 0. The predicted molar refractivity (Wildman–Crippen MR) is 114 cm³/mol. The van der Waals surface area contributed by atoms with Crippen LogP contribution >= 0.6 is 0 Å². The average molecular weight is 410 g/mol. The number of carbonyl (C=O) groups is 1. The molecule has 1 aliphatic rings. The fourth-order valence-corrected chi connectivity index (χ4v) is 4.15. The molecule has 2 aromatic heterocycles. The predicted octanol–water partition coefficient (Wildman–Crippen LogP) is 2.26. The summed E-state index contributed by atoms with van der Waals surface area (Å²) in [5.41, 5.74) is 0.208. The van der Waals surface area contributed by atoms with Gasteiger partial charge < -0.3 is 19.3 Å². The maximum absolute atomic E-state index is 12.8. The van der Waals surface area contributed by atoms with Crippen LogP contribution in [0.5, 0.6) is 0 Å². The number of furan rings is 1. The molecule has 3 heterocycles. The second-order valence-electron chi connectivity index (χ2n) is 7.57. The number of piperidine rings is 1. The minimum Gasteiger partial charge on any atom is -0.468 e. The van der Waals surface area contributed by atoms with Gasteiger partial charge in [0.2, 0.25) is 0 Å². The van der Waals surface area contributed by atoms with Gasteiger partial charge in [-0.1, -0.05) is 6.42 Å². The summed E-state index contributed by atoms with van der Waals surface area (Å²) in [5, 5.41) is 3.00. The molecule has 1 aliphatic heterocycles. The van der Waals surface area contributed by atoms with Crippen molar-refractivity contribution in [3.05, 3.63) is 68.6 Å². The van der Waals surface area contributed by atoms with Crippen LogP contribution in [0.1, 0.15) is 48.3 Å². The van der Waals surface area contributed by atoms with Crippen molar-refractivity contribution in [3.63, 3.8) is 0 Å². The number of carbonyl (C=O) groups excluding carboxylic acids is 1. The topological polar surface area (TPSA) is 100 Å². The van der Waals surface area contributed by atoms with Gasteiger partial charge in [-0.05, 0) is 63.2 Å². The Morgan fingerprint density at radius 3 is 2.70 bits per heavy atom. The van der Waals surface area contributed by atoms with Crippen LogP contribution < -0.4 is 16.4 Å². The highest BCUT2D eigenvalue weighted by Gasteiger charge is 2.25. The van der Waals surface area contributed by atoms with Gasteiger partial charge in [-0.2, -0.15) is 0 Å². The Kier molecular flexibility index (Phi) is 5.85. The van der Waals surface area contributed by atoms with Gasteiger partial charge in [-0.15, -0.1) is 0 Å². The largest absolute Gasteiger partial charge is 0.468 e. The Labute approximate surface area is 173 Å². The third-order valence-corrected chi connectivity index (χ3v) is 5.71. The summed E-state index contributed by atoms with van der Waals surface area (Å²) >= 11 is 0. The summed E-state index contributed by atoms with van der Waals surface area (Å²) in [6.07, 6.45) is 5.16. The molecule has 8 nitrogen and oxygen atoms in total. The van der Waals surface area contributed by atoms with Crippen LogP contribution in [0.2, 0.25) is 0 Å². The Bertz CT molecular complexity index is 1140. The lowest BCUT2D eigenvalue weighted by atomic mass is 10.1. The monoisotopic (exact) mass is 410 g/mol. The zero-order valence-corrected chi connectivity index (χ0v) is 17.0. The number of H-pyrrole nitrogens is 1. The standard InChI is InChI=1S/C22H26N4O4/c1-2-26-17-9-8-15(13-16(17)24-21(28)22(26)29)20(27)23-14-18(19-7-6-12-30-19)25-10-4-3-5-11-25/h6-9,12-13,18H,2-5,10-11,14H2,1H3,(H,23,27)(H,24,28)/t18-/m0/s1. The molecule has 0 unspecified atom stereocenters.